The lowest BCUT2D eigenvalue weighted by Crippen LogP contribution is -2.44. The van der Waals surface area contributed by atoms with Crippen molar-refractivity contribution in [3.8, 4) is 0 Å². The Bertz CT molecular complexity index is 615. The molecule has 110 valence electrons. The zero-order chi connectivity index (χ0) is 15.4. The Labute approximate surface area is 137 Å². The maximum Gasteiger partial charge on any atom is 0.317 e. The summed E-state index contributed by atoms with van der Waals surface area (Å²) in [4.78, 5) is 16.5. The fraction of sp³-hybridized carbons (Fsp3) is 0.267. The van der Waals surface area contributed by atoms with E-state index in [1.807, 2.05) is 24.3 Å². The largest absolute Gasteiger partial charge is 0.461 e. The lowest BCUT2D eigenvalue weighted by molar-refractivity contribution is -0.145. The summed E-state index contributed by atoms with van der Waals surface area (Å²) < 4.78 is 6.10. The third-order valence-electron chi connectivity index (χ3n) is 3.18. The van der Waals surface area contributed by atoms with Crippen LogP contribution in [0.3, 0.4) is 0 Å². The molecule has 2 rings (SSSR count). The second-order valence-corrected chi connectivity index (χ2v) is 5.84. The molecular formula is C15H15BrN2O2S. The highest BCUT2D eigenvalue weighted by molar-refractivity contribution is 9.10. The fourth-order valence-corrected chi connectivity index (χ4v) is 3.04. The number of carbonyl (C=O) groups excluding carboxylic acids is 1. The van der Waals surface area contributed by atoms with E-state index in [2.05, 4.69) is 32.8 Å². The number of hydrogen-bond acceptors (Lipinski definition) is 3. The van der Waals surface area contributed by atoms with E-state index in [0.29, 0.717) is 10.8 Å². The molecule has 1 aromatic carbocycles. The lowest BCUT2D eigenvalue weighted by Gasteiger charge is -2.31. The summed E-state index contributed by atoms with van der Waals surface area (Å²) in [6, 6.07) is 7.39. The van der Waals surface area contributed by atoms with Gasteiger partial charge < -0.3 is 10.1 Å². The zero-order valence-corrected chi connectivity index (χ0v) is 13.9. The molecule has 0 spiro atoms. The van der Waals surface area contributed by atoms with E-state index < -0.39 is 5.92 Å². The number of nitrogens with one attached hydrogen (secondary N) is 1. The molecular weight excluding hydrogens is 352 g/mol. The van der Waals surface area contributed by atoms with E-state index in [1.165, 1.54) is 0 Å². The summed E-state index contributed by atoms with van der Waals surface area (Å²) in [5.74, 6) is -0.859. The van der Waals surface area contributed by atoms with E-state index in [1.54, 1.807) is 13.0 Å². The summed E-state index contributed by atoms with van der Waals surface area (Å²) in [6.07, 6.45) is 1.54. The van der Waals surface area contributed by atoms with E-state index in [4.69, 9.17) is 17.0 Å². The van der Waals surface area contributed by atoms with E-state index >= 15 is 0 Å². The molecule has 0 fully saturated rings. The molecule has 2 unspecified atom stereocenters. The first-order valence-electron chi connectivity index (χ1n) is 6.42. The number of benzene rings is 1. The van der Waals surface area contributed by atoms with Crippen molar-refractivity contribution in [3.63, 3.8) is 0 Å². The predicted molar refractivity (Wildman–Crippen MR) is 90.4 cm³/mol. The standard InChI is InChI=1S/C15H15BrN2O2S/c1-3-8-20-14(19)12-9(2)17-15(21)18-13(12)10-6-4-5-7-11(10)16/h3-7,12-13H,1,8H2,2H3,(H,18,21). The number of aliphatic imine (C=N–C) groups is 1. The van der Waals surface area contributed by atoms with Gasteiger partial charge in [-0.2, -0.15) is 0 Å². The maximum absolute atomic E-state index is 12.3. The summed E-state index contributed by atoms with van der Waals surface area (Å²) in [7, 11) is 0. The van der Waals surface area contributed by atoms with E-state index in [0.717, 1.165) is 10.0 Å². The Balaban J connectivity index is 2.39. The number of nitrogens with zero attached hydrogens (tertiary/aromatic N) is 1. The molecule has 1 N–H and O–H groups in total. The summed E-state index contributed by atoms with van der Waals surface area (Å²) >= 11 is 8.66. The fourth-order valence-electron chi connectivity index (χ4n) is 2.24. The van der Waals surface area contributed by atoms with Gasteiger partial charge >= 0.3 is 5.97 Å². The van der Waals surface area contributed by atoms with Crippen LogP contribution in [0.1, 0.15) is 18.5 Å². The van der Waals surface area contributed by atoms with Crippen LogP contribution in [-0.4, -0.2) is 23.4 Å². The number of rotatable bonds is 4. The first-order chi connectivity index (χ1) is 10.0. The number of esters is 1. The second-order valence-electron chi connectivity index (χ2n) is 4.60. The summed E-state index contributed by atoms with van der Waals surface area (Å²) in [5, 5.41) is 3.47. The molecule has 0 saturated carbocycles. The van der Waals surface area contributed by atoms with Crippen molar-refractivity contribution >= 4 is 44.9 Å². The van der Waals surface area contributed by atoms with E-state index in [-0.39, 0.29) is 18.6 Å². The highest BCUT2D eigenvalue weighted by atomic mass is 79.9. The third-order valence-corrected chi connectivity index (χ3v) is 4.11. The Morgan fingerprint density at radius 1 is 1.57 bits per heavy atom. The molecule has 6 heteroatoms. The molecule has 1 heterocycles. The van der Waals surface area contributed by atoms with Crippen molar-refractivity contribution in [1.82, 2.24) is 5.32 Å². The van der Waals surface area contributed by atoms with Crippen LogP contribution in [0, 0.1) is 5.92 Å². The third kappa shape index (κ3) is 3.57. The predicted octanol–water partition coefficient (Wildman–Crippen LogP) is 3.18. The summed E-state index contributed by atoms with van der Waals surface area (Å²) in [5.41, 5.74) is 1.59. The molecule has 4 nitrogen and oxygen atoms in total. The van der Waals surface area contributed by atoms with Gasteiger partial charge in [0.2, 0.25) is 0 Å². The molecule has 1 aliphatic rings. The van der Waals surface area contributed by atoms with Crippen LogP contribution in [0.25, 0.3) is 0 Å². The van der Waals surface area contributed by atoms with Gasteiger partial charge in [0.25, 0.3) is 0 Å². The van der Waals surface area contributed by atoms with Crippen LogP contribution in [0.4, 0.5) is 0 Å². The minimum atomic E-state index is -0.518. The number of carbonyl (C=O) groups is 1. The number of thiocarbonyl (C=S) groups is 1. The Morgan fingerprint density at radius 2 is 2.29 bits per heavy atom. The van der Waals surface area contributed by atoms with E-state index in [9.17, 15) is 4.79 Å². The van der Waals surface area contributed by atoms with Gasteiger partial charge in [-0.05, 0) is 30.8 Å². The molecule has 0 radical (unpaired) electrons. The zero-order valence-electron chi connectivity index (χ0n) is 11.5. The SMILES string of the molecule is C=CCOC(=O)C1C(C)=NC(=S)NC1c1ccccc1Br. The number of halogens is 1. The van der Waals surface area contributed by atoms with Crippen molar-refractivity contribution in [2.75, 3.05) is 6.61 Å². The molecule has 1 aliphatic heterocycles. The van der Waals surface area contributed by atoms with Crippen molar-refractivity contribution < 1.29 is 9.53 Å². The Morgan fingerprint density at radius 3 is 2.95 bits per heavy atom. The maximum atomic E-state index is 12.3. The minimum Gasteiger partial charge on any atom is -0.461 e. The van der Waals surface area contributed by atoms with Crippen molar-refractivity contribution in [1.29, 1.82) is 0 Å². The van der Waals surface area contributed by atoms with Gasteiger partial charge in [-0.1, -0.05) is 46.8 Å². The van der Waals surface area contributed by atoms with Gasteiger partial charge in [0.05, 0.1) is 6.04 Å². The van der Waals surface area contributed by atoms with Crippen LogP contribution >= 0.6 is 28.1 Å². The van der Waals surface area contributed by atoms with Crippen LogP contribution in [-0.2, 0) is 9.53 Å². The minimum absolute atomic E-state index is 0.176. The quantitative estimate of drug-likeness (QED) is 0.505. The van der Waals surface area contributed by atoms with Gasteiger partial charge in [-0.3, -0.25) is 4.79 Å². The molecule has 21 heavy (non-hydrogen) atoms. The molecule has 0 aliphatic carbocycles. The van der Waals surface area contributed by atoms with Crippen molar-refractivity contribution in [2.24, 2.45) is 10.9 Å². The average Bonchev–Trinajstić information content (AvgIpc) is 2.44. The van der Waals surface area contributed by atoms with Gasteiger partial charge in [-0.25, -0.2) is 4.99 Å². The topological polar surface area (TPSA) is 50.7 Å². The van der Waals surface area contributed by atoms with Gasteiger partial charge in [-0.15, -0.1) is 0 Å². The molecule has 0 aromatic heterocycles. The lowest BCUT2D eigenvalue weighted by atomic mass is 9.88. The molecule has 1 aromatic rings. The number of ether oxygens (including phenoxy) is 1. The normalized spacial score (nSPS) is 21.2. The Hall–Kier alpha value is -1.53. The summed E-state index contributed by atoms with van der Waals surface area (Å²) in [6.45, 7) is 5.51. The van der Waals surface area contributed by atoms with Crippen molar-refractivity contribution in [2.45, 2.75) is 13.0 Å². The first kappa shape index (κ1) is 15.9. The van der Waals surface area contributed by atoms with Gasteiger partial charge in [0, 0.05) is 10.2 Å². The second kappa shape index (κ2) is 6.95. The van der Waals surface area contributed by atoms with Crippen LogP contribution in [0.15, 0.2) is 46.4 Å². The Kier molecular flexibility index (Phi) is 5.25. The van der Waals surface area contributed by atoms with Crippen LogP contribution in [0.2, 0.25) is 0 Å². The highest BCUT2D eigenvalue weighted by Gasteiger charge is 2.37. The van der Waals surface area contributed by atoms with Gasteiger partial charge in [0.15, 0.2) is 5.11 Å². The number of hydrogen-bond donors (Lipinski definition) is 1. The molecule has 2 atom stereocenters. The molecule has 0 saturated heterocycles. The highest BCUT2D eigenvalue weighted by Crippen LogP contribution is 2.32. The molecule has 0 amide bonds. The average molecular weight is 367 g/mol. The van der Waals surface area contributed by atoms with Crippen LogP contribution in [0.5, 0.6) is 0 Å². The van der Waals surface area contributed by atoms with Crippen LogP contribution < -0.4 is 5.32 Å². The smallest absolute Gasteiger partial charge is 0.317 e. The molecule has 0 bridgehead atoms. The monoisotopic (exact) mass is 366 g/mol. The van der Waals surface area contributed by atoms with Crippen molar-refractivity contribution in [3.05, 3.63) is 47.0 Å². The van der Waals surface area contributed by atoms with Gasteiger partial charge in [0.1, 0.15) is 12.5 Å². The first-order valence-corrected chi connectivity index (χ1v) is 7.62.